The Morgan fingerprint density at radius 2 is 1.55 bits per heavy atom. The van der Waals surface area contributed by atoms with E-state index in [1.165, 1.54) is 21.1 Å². The van der Waals surface area contributed by atoms with E-state index in [1.54, 1.807) is 54.7 Å². The number of pyridine rings is 1. The molecule has 3 aliphatic heterocycles. The van der Waals surface area contributed by atoms with Gasteiger partial charge >= 0.3 is 17.9 Å². The number of methoxy groups -OCH3 is 2. The molecule has 3 aliphatic rings. The van der Waals surface area contributed by atoms with Crippen LogP contribution in [-0.2, 0) is 70.0 Å². The standard InChI is InChI=1S/C60H97N3O17/c1-17-20-28-74-56(70)42-33-63(19-3)43-24-23-40(30-41(43)49(42)66)22-21-26-61-27-25-46(64)78-54-39(9)76-47(32-59(54,11)73-16)79-51-37(7)53(80-57-50(67)44(62(13)14)29-35(5)75-57)58(10,72-15)31-34(4)48(65)36(6)52(68)60(12,71)45(18-2)77-55(69)38(51)8/h23-24,30,33-39,44-45,47,50-54,57,61,67-68,71H,17-22,25-29,31-32H2,1-16H3/t34-,35+,36-,37+,38+,39-,44-,45-,47+,50-,51+,52+,53-,54+,57-,58+,59-,60+/m0/s1. The Hall–Kier alpha value is -3.93. The number of aryl methyl sites for hydroxylation is 2. The Bertz CT molecular complexity index is 2430. The molecule has 3 saturated heterocycles. The van der Waals surface area contributed by atoms with Gasteiger partial charge in [-0.05, 0) is 125 Å². The molecule has 18 atom stereocenters. The summed E-state index contributed by atoms with van der Waals surface area (Å²) in [6, 6.07) is 5.39. The van der Waals surface area contributed by atoms with Gasteiger partial charge in [-0.2, -0.15) is 0 Å². The third-order valence-electron chi connectivity index (χ3n) is 17.2. The van der Waals surface area contributed by atoms with E-state index < -0.39 is 114 Å². The third kappa shape index (κ3) is 15.6. The van der Waals surface area contributed by atoms with Crippen molar-refractivity contribution in [1.29, 1.82) is 0 Å². The first-order valence-electron chi connectivity index (χ1n) is 29.1. The van der Waals surface area contributed by atoms with Crippen LogP contribution >= 0.6 is 0 Å². The van der Waals surface area contributed by atoms with Crippen molar-refractivity contribution in [2.75, 3.05) is 48.0 Å². The van der Waals surface area contributed by atoms with Gasteiger partial charge in [-0.1, -0.05) is 47.1 Å². The summed E-state index contributed by atoms with van der Waals surface area (Å²) in [5.41, 5.74) is -3.16. The smallest absolute Gasteiger partial charge is 0.343 e. The van der Waals surface area contributed by atoms with Gasteiger partial charge in [0.15, 0.2) is 18.7 Å². The van der Waals surface area contributed by atoms with E-state index in [0.29, 0.717) is 44.3 Å². The SMILES string of the molecule is CCCCOC(=O)c1cn(CC)c2ccc(CCCNCCC(=O)O[C@@H]3[C@H](C)O[C@H](O[C@@H]4[C@@H](C)[C@H](O[C@@H]5O[C@H](C)C[C@H](N(C)C)[C@@H]5O)[C@](C)(OC)C[C@H](C)C(=O)[C@H](C)[C@@H](O)[C@](C)(O)[C@H](CC)OC(=O)[C@@H]4C)C[C@]3(C)OC)cc2c1=O. The molecule has 1 aromatic carbocycles. The van der Waals surface area contributed by atoms with Crippen LogP contribution in [0.2, 0.25) is 0 Å². The van der Waals surface area contributed by atoms with Crippen LogP contribution < -0.4 is 10.7 Å². The molecule has 1 aromatic heterocycles. The number of aliphatic hydroxyl groups is 3. The van der Waals surface area contributed by atoms with Crippen molar-refractivity contribution in [1.82, 2.24) is 14.8 Å². The quantitative estimate of drug-likeness (QED) is 0.0646. The van der Waals surface area contributed by atoms with Crippen molar-refractivity contribution in [2.45, 2.75) is 232 Å². The summed E-state index contributed by atoms with van der Waals surface area (Å²) in [4.78, 5) is 70.6. The number of ketones is 1. The summed E-state index contributed by atoms with van der Waals surface area (Å²) in [5, 5.41) is 39.1. The highest BCUT2D eigenvalue weighted by atomic mass is 16.7. The fourth-order valence-electron chi connectivity index (χ4n) is 12.1. The maximum absolute atomic E-state index is 14.6. The Balaban J connectivity index is 1.33. The Morgan fingerprint density at radius 3 is 2.17 bits per heavy atom. The highest BCUT2D eigenvalue weighted by Gasteiger charge is 2.55. The van der Waals surface area contributed by atoms with Gasteiger partial charge in [0.2, 0.25) is 5.43 Å². The Morgan fingerprint density at radius 1 is 0.875 bits per heavy atom. The number of hydrogen-bond acceptors (Lipinski definition) is 19. The maximum Gasteiger partial charge on any atom is 0.343 e. The Labute approximate surface area is 474 Å². The van der Waals surface area contributed by atoms with Crippen LogP contribution in [0.15, 0.2) is 29.2 Å². The molecular formula is C60H97N3O17. The van der Waals surface area contributed by atoms with Crippen molar-refractivity contribution in [3.05, 3.63) is 45.7 Å². The zero-order valence-corrected chi connectivity index (χ0v) is 50.6. The molecule has 4 heterocycles. The number of cyclic esters (lactones) is 1. The number of fused-ring (bicyclic) bond motifs is 1. The molecule has 20 nitrogen and oxygen atoms in total. The predicted octanol–water partition coefficient (Wildman–Crippen LogP) is 5.89. The minimum atomic E-state index is -2.03. The van der Waals surface area contributed by atoms with Gasteiger partial charge in [-0.25, -0.2) is 4.79 Å². The summed E-state index contributed by atoms with van der Waals surface area (Å²) in [6.45, 7) is 22.7. The minimum absolute atomic E-state index is 0.0203. The molecule has 20 heteroatoms. The fourth-order valence-corrected chi connectivity index (χ4v) is 12.1. The lowest BCUT2D eigenvalue weighted by Gasteiger charge is -2.50. The van der Waals surface area contributed by atoms with Crippen LogP contribution in [0.4, 0.5) is 0 Å². The number of nitrogens with one attached hydrogen (secondary N) is 1. The monoisotopic (exact) mass is 1130 g/mol. The van der Waals surface area contributed by atoms with E-state index in [0.717, 1.165) is 23.9 Å². The molecule has 5 rings (SSSR count). The molecule has 2 aromatic rings. The van der Waals surface area contributed by atoms with Crippen molar-refractivity contribution < 1.29 is 77.1 Å². The van der Waals surface area contributed by atoms with Gasteiger partial charge in [-0.15, -0.1) is 0 Å². The van der Waals surface area contributed by atoms with Gasteiger partial charge in [0.25, 0.3) is 0 Å². The summed E-state index contributed by atoms with van der Waals surface area (Å²) in [7, 11) is 6.75. The number of likely N-dealkylation sites (N-methyl/N-ethyl adjacent to an activating group) is 1. The molecule has 0 unspecified atom stereocenters. The first kappa shape index (κ1) is 66.9. The second kappa shape index (κ2) is 29.1. The number of carbonyl (C=O) groups is 4. The molecular weight excluding hydrogens is 1030 g/mol. The Kier molecular flexibility index (Phi) is 24.3. The van der Waals surface area contributed by atoms with E-state index in [2.05, 4.69) is 5.32 Å². The number of ether oxygens (including phenoxy) is 9. The van der Waals surface area contributed by atoms with Crippen LogP contribution in [0.5, 0.6) is 0 Å². The van der Waals surface area contributed by atoms with Gasteiger partial charge in [-0.3, -0.25) is 19.2 Å². The molecule has 0 saturated carbocycles. The van der Waals surface area contributed by atoms with E-state index in [-0.39, 0.29) is 61.2 Å². The molecule has 0 amide bonds. The minimum Gasteiger partial charge on any atom is -0.462 e. The van der Waals surface area contributed by atoms with E-state index in [9.17, 15) is 39.3 Å². The zero-order valence-electron chi connectivity index (χ0n) is 50.6. The fraction of sp³-hybridized carbons (Fsp3) is 0.783. The highest BCUT2D eigenvalue weighted by molar-refractivity contribution is 5.94. The number of carbonyl (C=O) groups excluding carboxylic acids is 4. The van der Waals surface area contributed by atoms with Gasteiger partial charge in [0, 0.05) is 69.1 Å². The summed E-state index contributed by atoms with van der Waals surface area (Å²) < 4.78 is 58.7. The van der Waals surface area contributed by atoms with Gasteiger partial charge in [0.05, 0.1) is 60.6 Å². The number of benzene rings is 1. The average molecular weight is 1130 g/mol. The van der Waals surface area contributed by atoms with Crippen molar-refractivity contribution in [2.24, 2.45) is 23.7 Å². The van der Waals surface area contributed by atoms with Crippen LogP contribution in [-0.4, -0.2) is 181 Å². The molecule has 454 valence electrons. The summed E-state index contributed by atoms with van der Waals surface area (Å²) >= 11 is 0. The lowest BCUT2D eigenvalue weighted by Crippen LogP contribution is -2.61. The molecule has 0 bridgehead atoms. The van der Waals surface area contributed by atoms with Gasteiger partial charge in [0.1, 0.15) is 34.8 Å². The predicted molar refractivity (Wildman–Crippen MR) is 300 cm³/mol. The van der Waals surface area contributed by atoms with Crippen LogP contribution in [0.25, 0.3) is 10.9 Å². The van der Waals surface area contributed by atoms with Crippen molar-refractivity contribution >= 4 is 34.6 Å². The third-order valence-corrected chi connectivity index (χ3v) is 17.2. The lowest BCUT2D eigenvalue weighted by atomic mass is 9.74. The topological polar surface area (TPSA) is 249 Å². The van der Waals surface area contributed by atoms with Crippen molar-refractivity contribution in [3.63, 3.8) is 0 Å². The van der Waals surface area contributed by atoms with Crippen LogP contribution in [0.1, 0.15) is 150 Å². The van der Waals surface area contributed by atoms with Crippen LogP contribution in [0.3, 0.4) is 0 Å². The second-order valence-electron chi connectivity index (χ2n) is 23.7. The summed E-state index contributed by atoms with van der Waals surface area (Å²) in [6.07, 6.45) is -4.98. The van der Waals surface area contributed by atoms with Crippen LogP contribution in [0, 0.1) is 23.7 Å². The van der Waals surface area contributed by atoms with E-state index in [4.69, 9.17) is 42.6 Å². The number of hydrogen-bond donors (Lipinski definition) is 4. The van der Waals surface area contributed by atoms with Crippen molar-refractivity contribution in [3.8, 4) is 0 Å². The first-order valence-corrected chi connectivity index (χ1v) is 29.1. The molecule has 4 N–H and O–H groups in total. The average Bonchev–Trinajstić information content (AvgIpc) is 3.47. The van der Waals surface area contributed by atoms with Gasteiger partial charge < -0.3 is 72.7 Å². The number of rotatable bonds is 21. The maximum atomic E-state index is 14.6. The molecule has 0 radical (unpaired) electrons. The molecule has 0 spiro atoms. The molecule has 80 heavy (non-hydrogen) atoms. The van der Waals surface area contributed by atoms with E-state index in [1.807, 2.05) is 69.5 Å². The summed E-state index contributed by atoms with van der Waals surface area (Å²) in [5.74, 6) is -5.91. The largest absolute Gasteiger partial charge is 0.462 e. The number of aromatic nitrogens is 1. The normalized spacial score (nSPS) is 35.9. The second-order valence-corrected chi connectivity index (χ2v) is 23.7. The van der Waals surface area contributed by atoms with E-state index >= 15 is 0 Å². The number of Topliss-reactive ketones (excluding diaryl/α,β-unsaturated/α-hetero) is 1. The number of nitrogens with zero attached hydrogens (tertiary/aromatic N) is 2. The zero-order chi connectivity index (χ0) is 59.6. The highest BCUT2D eigenvalue weighted by Crippen LogP contribution is 2.42. The first-order chi connectivity index (χ1) is 37.6. The number of esters is 3. The molecule has 0 aliphatic carbocycles. The lowest BCUT2D eigenvalue weighted by molar-refractivity contribution is -0.320. The number of aliphatic hydroxyl groups excluding tert-OH is 2. The molecule has 3 fully saturated rings. The number of unbranched alkanes of at least 4 members (excludes halogenated alkanes) is 1.